The maximum absolute atomic E-state index is 13.3. The Kier molecular flexibility index (Phi) is 5.03. The molecule has 0 amide bonds. The molecule has 0 fully saturated rings. The zero-order valence-electron chi connectivity index (χ0n) is 11.4. The predicted octanol–water partition coefficient (Wildman–Crippen LogP) is 4.94. The van der Waals surface area contributed by atoms with Crippen LogP contribution in [0.25, 0.3) is 0 Å². The van der Waals surface area contributed by atoms with Gasteiger partial charge in [-0.2, -0.15) is 0 Å². The molecule has 1 nitrogen and oxygen atoms in total. The number of hydrogen-bond acceptors (Lipinski definition) is 1. The number of halogens is 3. The van der Waals surface area contributed by atoms with Crippen molar-refractivity contribution in [2.24, 2.45) is 0 Å². The second kappa shape index (κ2) is 6.57. The summed E-state index contributed by atoms with van der Waals surface area (Å²) in [7, 11) is 1.87. The topological polar surface area (TPSA) is 12.0 Å². The van der Waals surface area contributed by atoms with E-state index in [1.807, 2.05) is 32.2 Å². The molecule has 2 aromatic carbocycles. The predicted molar refractivity (Wildman–Crippen MR) is 83.1 cm³/mol. The molecule has 0 aliphatic heterocycles. The highest BCUT2D eigenvalue weighted by Crippen LogP contribution is 2.26. The third kappa shape index (κ3) is 3.51. The minimum atomic E-state index is -0.277. The fourth-order valence-electron chi connectivity index (χ4n) is 2.13. The molecule has 106 valence electrons. The number of aryl methyl sites for hydroxylation is 1. The van der Waals surface area contributed by atoms with Crippen molar-refractivity contribution < 1.29 is 4.39 Å². The van der Waals surface area contributed by atoms with Crippen LogP contribution in [0.15, 0.2) is 36.4 Å². The van der Waals surface area contributed by atoms with Crippen LogP contribution in [-0.4, -0.2) is 7.05 Å². The molecule has 1 atom stereocenters. The van der Waals surface area contributed by atoms with Gasteiger partial charge in [0.2, 0.25) is 0 Å². The molecule has 0 spiro atoms. The molecule has 0 heterocycles. The number of hydrogen-bond donors (Lipinski definition) is 1. The quantitative estimate of drug-likeness (QED) is 0.843. The first kappa shape index (κ1) is 15.3. The van der Waals surface area contributed by atoms with E-state index in [-0.39, 0.29) is 11.9 Å². The molecule has 0 bridgehead atoms. The fraction of sp³-hybridized carbons (Fsp3) is 0.250. The highest BCUT2D eigenvalue weighted by atomic mass is 35.5. The van der Waals surface area contributed by atoms with Gasteiger partial charge in [-0.3, -0.25) is 0 Å². The van der Waals surface area contributed by atoms with Crippen LogP contribution in [0.3, 0.4) is 0 Å². The van der Waals surface area contributed by atoms with Crippen molar-refractivity contribution in [3.63, 3.8) is 0 Å². The summed E-state index contributed by atoms with van der Waals surface area (Å²) >= 11 is 12.3. The van der Waals surface area contributed by atoms with Gasteiger partial charge in [0, 0.05) is 16.1 Å². The van der Waals surface area contributed by atoms with Gasteiger partial charge < -0.3 is 5.32 Å². The molecule has 0 aliphatic carbocycles. The molecule has 20 heavy (non-hydrogen) atoms. The second-order valence-electron chi connectivity index (χ2n) is 4.79. The summed E-state index contributed by atoms with van der Waals surface area (Å²) in [6.07, 6.45) is 0.604. The Morgan fingerprint density at radius 2 is 1.85 bits per heavy atom. The van der Waals surface area contributed by atoms with Crippen molar-refractivity contribution in [1.82, 2.24) is 5.32 Å². The van der Waals surface area contributed by atoms with Crippen molar-refractivity contribution >= 4 is 23.2 Å². The van der Waals surface area contributed by atoms with Crippen LogP contribution >= 0.6 is 23.2 Å². The van der Waals surface area contributed by atoms with Gasteiger partial charge in [0.15, 0.2) is 0 Å². The molecular formula is C16H16Cl2FN. The molecule has 0 aliphatic rings. The second-order valence-corrected chi connectivity index (χ2v) is 5.60. The van der Waals surface area contributed by atoms with E-state index in [0.29, 0.717) is 11.4 Å². The summed E-state index contributed by atoms with van der Waals surface area (Å²) in [5.74, 6) is -0.277. The smallest absolute Gasteiger partial charge is 0.123 e. The van der Waals surface area contributed by atoms with Crippen LogP contribution in [0.2, 0.25) is 10.0 Å². The average molecular weight is 312 g/mol. The molecule has 2 aromatic rings. The van der Waals surface area contributed by atoms with E-state index >= 15 is 0 Å². The lowest BCUT2D eigenvalue weighted by Gasteiger charge is -2.18. The summed E-state index contributed by atoms with van der Waals surface area (Å²) in [4.78, 5) is 0. The minimum absolute atomic E-state index is 0.0346. The molecule has 1 unspecified atom stereocenters. The van der Waals surface area contributed by atoms with E-state index in [0.717, 1.165) is 21.7 Å². The SMILES string of the molecule is CNC(Cc1cc(F)ccc1Cl)c1ccc(C)c(Cl)c1. The first-order valence-corrected chi connectivity index (χ1v) is 7.14. The summed E-state index contributed by atoms with van der Waals surface area (Å²) in [6, 6.07) is 10.4. The van der Waals surface area contributed by atoms with Crippen LogP contribution < -0.4 is 5.32 Å². The molecule has 4 heteroatoms. The van der Waals surface area contributed by atoms with Gasteiger partial charge in [-0.15, -0.1) is 0 Å². The van der Waals surface area contributed by atoms with Gasteiger partial charge in [-0.05, 0) is 61.3 Å². The summed E-state index contributed by atoms with van der Waals surface area (Å²) in [5.41, 5.74) is 2.88. The van der Waals surface area contributed by atoms with E-state index in [9.17, 15) is 4.39 Å². The third-order valence-electron chi connectivity index (χ3n) is 3.38. The van der Waals surface area contributed by atoms with Gasteiger partial charge in [0.25, 0.3) is 0 Å². The maximum atomic E-state index is 13.3. The van der Waals surface area contributed by atoms with Gasteiger partial charge in [-0.25, -0.2) is 4.39 Å². The first-order valence-electron chi connectivity index (χ1n) is 6.38. The largest absolute Gasteiger partial charge is 0.313 e. The minimum Gasteiger partial charge on any atom is -0.313 e. The fourth-order valence-corrected chi connectivity index (χ4v) is 2.52. The standard InChI is InChI=1S/C16H16Cl2FN/c1-10-3-4-11(8-15(10)18)16(20-2)9-12-7-13(19)5-6-14(12)17/h3-8,16,20H,9H2,1-2H3. The molecule has 2 rings (SSSR count). The number of nitrogens with one attached hydrogen (secondary N) is 1. The van der Waals surface area contributed by atoms with Crippen molar-refractivity contribution in [2.45, 2.75) is 19.4 Å². The Labute approximate surface area is 128 Å². The van der Waals surface area contributed by atoms with E-state index in [1.165, 1.54) is 12.1 Å². The molecule has 0 saturated heterocycles. The van der Waals surface area contributed by atoms with Crippen LogP contribution in [-0.2, 0) is 6.42 Å². The van der Waals surface area contributed by atoms with Gasteiger partial charge in [0.05, 0.1) is 0 Å². The number of benzene rings is 2. The van der Waals surface area contributed by atoms with Crippen LogP contribution in [0, 0.1) is 12.7 Å². The van der Waals surface area contributed by atoms with Gasteiger partial charge >= 0.3 is 0 Å². The van der Waals surface area contributed by atoms with E-state index in [2.05, 4.69) is 5.32 Å². The first-order chi connectivity index (χ1) is 9.51. The van der Waals surface area contributed by atoms with Crippen molar-refractivity contribution in [3.05, 3.63) is 69.0 Å². The Morgan fingerprint density at radius 3 is 2.50 bits per heavy atom. The maximum Gasteiger partial charge on any atom is 0.123 e. The summed E-state index contributed by atoms with van der Waals surface area (Å²) in [5, 5.41) is 4.52. The zero-order valence-corrected chi connectivity index (χ0v) is 12.9. The molecule has 0 aromatic heterocycles. The van der Waals surface area contributed by atoms with Crippen molar-refractivity contribution in [2.75, 3.05) is 7.05 Å². The highest BCUT2D eigenvalue weighted by Gasteiger charge is 2.13. The van der Waals surface area contributed by atoms with E-state index in [4.69, 9.17) is 23.2 Å². The molecular weight excluding hydrogens is 296 g/mol. The van der Waals surface area contributed by atoms with Crippen molar-refractivity contribution in [1.29, 1.82) is 0 Å². The van der Waals surface area contributed by atoms with Crippen LogP contribution in [0.1, 0.15) is 22.7 Å². The number of rotatable bonds is 4. The Bertz CT molecular complexity index is 613. The van der Waals surface area contributed by atoms with Gasteiger partial charge in [0.1, 0.15) is 5.82 Å². The summed E-state index contributed by atoms with van der Waals surface area (Å²) in [6.45, 7) is 1.96. The van der Waals surface area contributed by atoms with Gasteiger partial charge in [-0.1, -0.05) is 35.3 Å². The Morgan fingerprint density at radius 1 is 1.10 bits per heavy atom. The monoisotopic (exact) mass is 311 g/mol. The Balaban J connectivity index is 2.28. The van der Waals surface area contributed by atoms with E-state index in [1.54, 1.807) is 6.07 Å². The average Bonchev–Trinajstić information content (AvgIpc) is 2.43. The van der Waals surface area contributed by atoms with E-state index < -0.39 is 0 Å². The number of likely N-dealkylation sites (N-methyl/N-ethyl adjacent to an activating group) is 1. The zero-order chi connectivity index (χ0) is 14.7. The third-order valence-corrected chi connectivity index (χ3v) is 4.15. The normalized spacial score (nSPS) is 12.4. The molecule has 0 radical (unpaired) electrons. The Hall–Kier alpha value is -1.09. The van der Waals surface area contributed by atoms with Crippen LogP contribution in [0.5, 0.6) is 0 Å². The van der Waals surface area contributed by atoms with Crippen LogP contribution in [0.4, 0.5) is 4.39 Å². The lowest BCUT2D eigenvalue weighted by Crippen LogP contribution is -2.19. The summed E-state index contributed by atoms with van der Waals surface area (Å²) < 4.78 is 13.3. The lowest BCUT2D eigenvalue weighted by atomic mass is 9.98. The molecule has 1 N–H and O–H groups in total. The van der Waals surface area contributed by atoms with Crippen molar-refractivity contribution in [3.8, 4) is 0 Å². The molecule has 0 saturated carbocycles. The highest BCUT2D eigenvalue weighted by molar-refractivity contribution is 6.31. The lowest BCUT2D eigenvalue weighted by molar-refractivity contribution is 0.584.